The fraction of sp³-hybridized carbons (Fsp3) is 0.214. The Morgan fingerprint density at radius 2 is 2.20 bits per heavy atom. The number of carbonyl (C=O) groups is 1. The van der Waals surface area contributed by atoms with E-state index in [4.69, 9.17) is 0 Å². The second kappa shape index (κ2) is 5.56. The monoisotopic (exact) mass is 274 g/mol. The number of nitro groups is 1. The summed E-state index contributed by atoms with van der Waals surface area (Å²) in [5.74, 6) is -1.64. The van der Waals surface area contributed by atoms with Crippen LogP contribution in [0, 0.1) is 10.1 Å². The predicted molar refractivity (Wildman–Crippen MR) is 74.0 cm³/mol. The quantitative estimate of drug-likeness (QED) is 0.392. The number of carbonyl (C=O) groups excluding carboxylic acids is 1. The molecule has 0 aliphatic rings. The normalized spacial score (nSPS) is 13.7. The van der Waals surface area contributed by atoms with Crippen LogP contribution in [0.3, 0.4) is 0 Å². The average molecular weight is 274 g/mol. The molecule has 104 valence electrons. The number of methoxy groups -OCH3 is 1. The van der Waals surface area contributed by atoms with Gasteiger partial charge in [-0.3, -0.25) is 10.1 Å². The average Bonchev–Trinajstić information content (AvgIpc) is 2.87. The van der Waals surface area contributed by atoms with Gasteiger partial charge in [-0.25, -0.2) is 4.79 Å². The summed E-state index contributed by atoms with van der Waals surface area (Å²) >= 11 is 0. The van der Waals surface area contributed by atoms with E-state index >= 15 is 0 Å². The largest absolute Gasteiger partial charge is 0.464 e. The van der Waals surface area contributed by atoms with E-state index in [1.54, 1.807) is 6.20 Å². The molecule has 1 aromatic heterocycles. The molecule has 0 amide bonds. The Bertz CT molecular complexity index is 662. The van der Waals surface area contributed by atoms with Crippen LogP contribution in [0.4, 0.5) is 0 Å². The molecular formula is C14H14N2O4. The topological polar surface area (TPSA) is 85.2 Å². The number of rotatable bonds is 5. The molecule has 0 saturated heterocycles. The lowest BCUT2D eigenvalue weighted by atomic mass is 9.91. The second-order valence-corrected chi connectivity index (χ2v) is 4.30. The molecule has 1 N–H and O–H groups in total. The first kappa shape index (κ1) is 13.8. The molecule has 0 aliphatic carbocycles. The van der Waals surface area contributed by atoms with E-state index in [0.717, 1.165) is 18.0 Å². The minimum Gasteiger partial charge on any atom is -0.464 e. The van der Waals surface area contributed by atoms with Crippen LogP contribution >= 0.6 is 0 Å². The van der Waals surface area contributed by atoms with Crippen LogP contribution in [0.1, 0.15) is 11.5 Å². The third-order valence-corrected chi connectivity index (χ3v) is 3.24. The number of aromatic amines is 1. The number of hydrogen-bond acceptors (Lipinski definition) is 4. The Morgan fingerprint density at radius 1 is 1.50 bits per heavy atom. The molecule has 2 unspecified atom stereocenters. The maximum atomic E-state index is 11.7. The molecule has 1 heterocycles. The number of hydrogen-bond donors (Lipinski definition) is 1. The van der Waals surface area contributed by atoms with Gasteiger partial charge in [0.25, 0.3) is 0 Å². The smallest absolute Gasteiger partial charge is 0.382 e. The van der Waals surface area contributed by atoms with Gasteiger partial charge in [-0.15, -0.1) is 6.58 Å². The molecule has 0 spiro atoms. The number of fused-ring (bicyclic) bond motifs is 1. The van der Waals surface area contributed by atoms with Crippen molar-refractivity contribution in [2.75, 3.05) is 7.11 Å². The first-order chi connectivity index (χ1) is 9.60. The van der Waals surface area contributed by atoms with Crippen molar-refractivity contribution in [2.24, 2.45) is 0 Å². The van der Waals surface area contributed by atoms with Gasteiger partial charge in [0.2, 0.25) is 0 Å². The van der Waals surface area contributed by atoms with Crippen LogP contribution in [0.2, 0.25) is 0 Å². The first-order valence-corrected chi connectivity index (χ1v) is 6.00. The zero-order chi connectivity index (χ0) is 14.7. The molecule has 0 bridgehead atoms. The molecule has 0 fully saturated rings. The van der Waals surface area contributed by atoms with Crippen molar-refractivity contribution < 1.29 is 14.5 Å². The van der Waals surface area contributed by atoms with Crippen molar-refractivity contribution in [3.63, 3.8) is 0 Å². The van der Waals surface area contributed by atoms with Crippen LogP contribution in [0.25, 0.3) is 10.9 Å². The van der Waals surface area contributed by atoms with Crippen molar-refractivity contribution in [3.05, 3.63) is 58.8 Å². The highest BCUT2D eigenvalue weighted by Crippen LogP contribution is 2.30. The van der Waals surface area contributed by atoms with Crippen LogP contribution in [-0.4, -0.2) is 29.0 Å². The highest BCUT2D eigenvalue weighted by molar-refractivity contribution is 5.85. The Balaban J connectivity index is 2.53. The molecule has 0 radical (unpaired) electrons. The van der Waals surface area contributed by atoms with Crippen molar-refractivity contribution in [1.82, 2.24) is 4.98 Å². The van der Waals surface area contributed by atoms with E-state index in [2.05, 4.69) is 16.3 Å². The molecule has 20 heavy (non-hydrogen) atoms. The summed E-state index contributed by atoms with van der Waals surface area (Å²) in [6.45, 7) is 3.62. The summed E-state index contributed by atoms with van der Waals surface area (Å²) in [5, 5.41) is 12.0. The molecule has 2 rings (SSSR count). The lowest BCUT2D eigenvalue weighted by Gasteiger charge is -2.15. The van der Waals surface area contributed by atoms with Gasteiger partial charge in [0.1, 0.15) is 0 Å². The predicted octanol–water partition coefficient (Wildman–Crippen LogP) is 2.26. The van der Waals surface area contributed by atoms with Gasteiger partial charge in [0.15, 0.2) is 0 Å². The molecule has 0 saturated carbocycles. The lowest BCUT2D eigenvalue weighted by molar-refractivity contribution is -0.512. The zero-order valence-corrected chi connectivity index (χ0v) is 10.9. The summed E-state index contributed by atoms with van der Waals surface area (Å²) in [5.41, 5.74) is 1.50. The maximum absolute atomic E-state index is 11.7. The Kier molecular flexibility index (Phi) is 3.84. The summed E-state index contributed by atoms with van der Waals surface area (Å²) in [6.07, 6.45) is 3.07. The number of esters is 1. The maximum Gasteiger partial charge on any atom is 0.382 e. The van der Waals surface area contributed by atoms with Gasteiger partial charge in [-0.05, 0) is 11.6 Å². The SMILES string of the molecule is C=CC(c1c[nH]c2ccccc12)C(C(=O)OC)[N+](=O)[O-]. The standard InChI is InChI=1S/C14H14N2O4/c1-3-9(13(16(18)19)14(17)20-2)11-8-15-12-7-5-4-6-10(11)12/h3-9,13,15H,1H2,2H3. The molecule has 6 nitrogen and oxygen atoms in total. The van der Waals surface area contributed by atoms with Crippen LogP contribution in [0.15, 0.2) is 43.1 Å². The fourth-order valence-electron chi connectivity index (χ4n) is 2.28. The Labute approximate surface area is 115 Å². The minimum absolute atomic E-state index is 0.639. The highest BCUT2D eigenvalue weighted by atomic mass is 16.6. The van der Waals surface area contributed by atoms with Gasteiger partial charge in [0.05, 0.1) is 13.0 Å². The number of nitrogens with zero attached hydrogens (tertiary/aromatic N) is 1. The summed E-state index contributed by atoms with van der Waals surface area (Å²) in [7, 11) is 1.13. The van der Waals surface area contributed by atoms with E-state index in [9.17, 15) is 14.9 Å². The van der Waals surface area contributed by atoms with Gasteiger partial charge in [0, 0.05) is 22.0 Å². The van der Waals surface area contributed by atoms with E-state index in [-0.39, 0.29) is 0 Å². The first-order valence-electron chi connectivity index (χ1n) is 6.00. The number of benzene rings is 1. The summed E-state index contributed by atoms with van der Waals surface area (Å²) < 4.78 is 4.53. The van der Waals surface area contributed by atoms with Crippen molar-refractivity contribution in [3.8, 4) is 0 Å². The van der Waals surface area contributed by atoms with Crippen LogP contribution in [0.5, 0.6) is 0 Å². The number of H-pyrrole nitrogens is 1. The van der Waals surface area contributed by atoms with E-state index in [1.807, 2.05) is 24.3 Å². The number of nitrogens with one attached hydrogen (secondary N) is 1. The van der Waals surface area contributed by atoms with Gasteiger partial charge >= 0.3 is 12.0 Å². The molecule has 2 atom stereocenters. The van der Waals surface area contributed by atoms with Crippen LogP contribution in [-0.2, 0) is 9.53 Å². The van der Waals surface area contributed by atoms with E-state index < -0.39 is 22.9 Å². The fourth-order valence-corrected chi connectivity index (χ4v) is 2.28. The second-order valence-electron chi connectivity index (χ2n) is 4.30. The van der Waals surface area contributed by atoms with Gasteiger partial charge in [-0.2, -0.15) is 0 Å². The van der Waals surface area contributed by atoms with E-state index in [0.29, 0.717) is 5.56 Å². The molecule has 1 aromatic carbocycles. The van der Waals surface area contributed by atoms with Crippen molar-refractivity contribution in [2.45, 2.75) is 12.0 Å². The van der Waals surface area contributed by atoms with Gasteiger partial charge < -0.3 is 9.72 Å². The van der Waals surface area contributed by atoms with Crippen LogP contribution < -0.4 is 0 Å². The van der Waals surface area contributed by atoms with E-state index in [1.165, 1.54) is 6.08 Å². The lowest BCUT2D eigenvalue weighted by Crippen LogP contribution is -2.35. The minimum atomic E-state index is -1.50. The van der Waals surface area contributed by atoms with Gasteiger partial charge in [-0.1, -0.05) is 24.3 Å². The molecule has 2 aromatic rings. The molecule has 6 heteroatoms. The third kappa shape index (κ3) is 2.27. The number of aromatic nitrogens is 1. The number of para-hydroxylation sites is 1. The molecule has 0 aliphatic heterocycles. The Hall–Kier alpha value is -2.63. The summed E-state index contributed by atoms with van der Waals surface area (Å²) in [6, 6.07) is 5.89. The van der Waals surface area contributed by atoms with Crippen molar-refractivity contribution in [1.29, 1.82) is 0 Å². The summed E-state index contributed by atoms with van der Waals surface area (Å²) in [4.78, 5) is 25.2. The van der Waals surface area contributed by atoms with Crippen molar-refractivity contribution >= 4 is 16.9 Å². The zero-order valence-electron chi connectivity index (χ0n) is 10.9. The Morgan fingerprint density at radius 3 is 2.80 bits per heavy atom. The number of ether oxygens (including phenoxy) is 1. The highest BCUT2D eigenvalue weighted by Gasteiger charge is 2.40. The third-order valence-electron chi connectivity index (χ3n) is 3.24. The molecular weight excluding hydrogens is 260 g/mol.